The first kappa shape index (κ1) is 15.4. The zero-order valence-electron chi connectivity index (χ0n) is 12.2. The Morgan fingerprint density at radius 1 is 0.895 bits per heavy atom. The molecule has 1 rings (SSSR count). The van der Waals surface area contributed by atoms with Gasteiger partial charge in [-0.15, -0.1) is 0 Å². The molecule has 0 amide bonds. The van der Waals surface area contributed by atoms with Crippen molar-refractivity contribution in [2.75, 3.05) is 46.8 Å². The number of unbranched alkanes of at least 4 members (excludes halogenated alkanes) is 1. The van der Waals surface area contributed by atoms with Gasteiger partial charge in [-0.25, -0.2) is 0 Å². The van der Waals surface area contributed by atoms with Crippen LogP contribution in [0.15, 0.2) is 12.1 Å². The van der Waals surface area contributed by atoms with Crippen LogP contribution in [-0.2, 0) is 0 Å². The molecule has 0 aliphatic heterocycles. The second-order valence-electron chi connectivity index (χ2n) is 4.14. The number of benzene rings is 1. The molecule has 0 atom stereocenters. The highest BCUT2D eigenvalue weighted by Gasteiger charge is 2.12. The van der Waals surface area contributed by atoms with Crippen LogP contribution < -0.4 is 24.8 Å². The molecule has 0 saturated heterocycles. The van der Waals surface area contributed by atoms with E-state index in [1.54, 1.807) is 21.3 Å². The van der Waals surface area contributed by atoms with Crippen molar-refractivity contribution in [3.05, 3.63) is 12.1 Å². The Hall–Kier alpha value is -1.62. The molecule has 1 aromatic carbocycles. The lowest BCUT2D eigenvalue weighted by atomic mass is 10.2. The summed E-state index contributed by atoms with van der Waals surface area (Å²) in [6.07, 6.45) is 2.21. The summed E-state index contributed by atoms with van der Waals surface area (Å²) < 4.78 is 16.0. The maximum atomic E-state index is 5.37. The Morgan fingerprint density at radius 2 is 1.47 bits per heavy atom. The zero-order valence-corrected chi connectivity index (χ0v) is 12.2. The monoisotopic (exact) mass is 268 g/mol. The van der Waals surface area contributed by atoms with Crippen LogP contribution in [0.25, 0.3) is 0 Å². The molecule has 0 aliphatic rings. The minimum atomic E-state index is 0.717. The summed E-state index contributed by atoms with van der Waals surface area (Å²) in [6.45, 7) is 1.90. The molecule has 0 saturated carbocycles. The largest absolute Gasteiger partial charge is 0.496 e. The van der Waals surface area contributed by atoms with Crippen molar-refractivity contribution in [3.63, 3.8) is 0 Å². The summed E-state index contributed by atoms with van der Waals surface area (Å²) in [5, 5.41) is 6.49. The molecule has 0 fully saturated rings. The number of anilines is 1. The van der Waals surface area contributed by atoms with Gasteiger partial charge in [0.1, 0.15) is 22.9 Å². The fourth-order valence-corrected chi connectivity index (χ4v) is 1.82. The Labute approximate surface area is 115 Å². The predicted octanol–water partition coefficient (Wildman–Crippen LogP) is 2.12. The average Bonchev–Trinajstić information content (AvgIpc) is 2.46. The van der Waals surface area contributed by atoms with Gasteiger partial charge in [0.05, 0.1) is 21.3 Å². The van der Waals surface area contributed by atoms with Crippen LogP contribution in [0.1, 0.15) is 12.8 Å². The third-order valence-corrected chi connectivity index (χ3v) is 2.87. The zero-order chi connectivity index (χ0) is 14.1. The highest BCUT2D eigenvalue weighted by atomic mass is 16.5. The topological polar surface area (TPSA) is 51.8 Å². The lowest BCUT2D eigenvalue weighted by Gasteiger charge is -2.16. The summed E-state index contributed by atoms with van der Waals surface area (Å²) in [7, 11) is 6.86. The van der Waals surface area contributed by atoms with E-state index in [9.17, 15) is 0 Å². The quantitative estimate of drug-likeness (QED) is 0.672. The number of ether oxygens (including phenoxy) is 3. The predicted molar refractivity (Wildman–Crippen MR) is 77.7 cm³/mol. The summed E-state index contributed by atoms with van der Waals surface area (Å²) in [5.41, 5.74) is 0.871. The SMILES string of the molecule is CNCCCCNc1c(OC)cc(OC)cc1OC. The Bertz CT molecular complexity index is 358. The number of nitrogens with one attached hydrogen (secondary N) is 2. The first-order valence-corrected chi connectivity index (χ1v) is 6.45. The van der Waals surface area contributed by atoms with Crippen LogP contribution in [0.4, 0.5) is 5.69 Å². The van der Waals surface area contributed by atoms with Gasteiger partial charge in [0.2, 0.25) is 0 Å². The molecule has 2 N–H and O–H groups in total. The lowest BCUT2D eigenvalue weighted by molar-refractivity contribution is 0.377. The van der Waals surface area contributed by atoms with Crippen LogP contribution in [0.5, 0.6) is 17.2 Å². The molecule has 0 bridgehead atoms. The van der Waals surface area contributed by atoms with E-state index in [-0.39, 0.29) is 0 Å². The van der Waals surface area contributed by atoms with Crippen LogP contribution in [0, 0.1) is 0 Å². The second-order valence-corrected chi connectivity index (χ2v) is 4.14. The number of hydrogen-bond donors (Lipinski definition) is 2. The van der Waals surface area contributed by atoms with E-state index in [4.69, 9.17) is 14.2 Å². The van der Waals surface area contributed by atoms with Crippen molar-refractivity contribution in [1.82, 2.24) is 5.32 Å². The van der Waals surface area contributed by atoms with Crippen LogP contribution >= 0.6 is 0 Å². The van der Waals surface area contributed by atoms with Gasteiger partial charge < -0.3 is 24.8 Å². The molecule has 108 valence electrons. The molecule has 5 nitrogen and oxygen atoms in total. The molecule has 0 heterocycles. The van der Waals surface area contributed by atoms with Crippen molar-refractivity contribution in [2.24, 2.45) is 0 Å². The third kappa shape index (κ3) is 4.52. The van der Waals surface area contributed by atoms with Crippen molar-refractivity contribution in [2.45, 2.75) is 12.8 Å². The summed E-state index contributed by atoms with van der Waals surface area (Å²) in [5.74, 6) is 2.17. The van der Waals surface area contributed by atoms with Gasteiger partial charge in [0, 0.05) is 18.7 Å². The van der Waals surface area contributed by atoms with Crippen molar-refractivity contribution < 1.29 is 14.2 Å². The molecule has 0 aliphatic carbocycles. The third-order valence-electron chi connectivity index (χ3n) is 2.87. The molecule has 5 heteroatoms. The van der Waals surface area contributed by atoms with E-state index < -0.39 is 0 Å². The summed E-state index contributed by atoms with van der Waals surface area (Å²) in [6, 6.07) is 3.69. The van der Waals surface area contributed by atoms with Crippen molar-refractivity contribution in [1.29, 1.82) is 0 Å². The Kier molecular flexibility index (Phi) is 6.89. The van der Waals surface area contributed by atoms with E-state index in [1.807, 2.05) is 19.2 Å². The van der Waals surface area contributed by atoms with Gasteiger partial charge in [-0.1, -0.05) is 0 Å². The summed E-state index contributed by atoms with van der Waals surface area (Å²) in [4.78, 5) is 0. The van der Waals surface area contributed by atoms with Crippen molar-refractivity contribution in [3.8, 4) is 17.2 Å². The molecule has 0 radical (unpaired) electrons. The highest BCUT2D eigenvalue weighted by molar-refractivity contribution is 5.68. The van der Waals surface area contributed by atoms with Crippen LogP contribution in [0.3, 0.4) is 0 Å². The van der Waals surface area contributed by atoms with E-state index in [2.05, 4.69) is 10.6 Å². The molecule has 0 unspecified atom stereocenters. The minimum Gasteiger partial charge on any atom is -0.496 e. The van der Waals surface area contributed by atoms with E-state index in [0.29, 0.717) is 0 Å². The fourth-order valence-electron chi connectivity index (χ4n) is 1.82. The van der Waals surface area contributed by atoms with Crippen LogP contribution in [-0.4, -0.2) is 41.5 Å². The second kappa shape index (κ2) is 8.48. The smallest absolute Gasteiger partial charge is 0.149 e. The lowest BCUT2D eigenvalue weighted by Crippen LogP contribution is -2.11. The van der Waals surface area contributed by atoms with Gasteiger partial charge >= 0.3 is 0 Å². The van der Waals surface area contributed by atoms with Gasteiger partial charge in [-0.2, -0.15) is 0 Å². The first-order valence-electron chi connectivity index (χ1n) is 6.45. The molecule has 1 aromatic rings. The first-order chi connectivity index (χ1) is 9.26. The highest BCUT2D eigenvalue weighted by Crippen LogP contribution is 2.38. The molecule has 0 spiro atoms. The Morgan fingerprint density at radius 3 is 1.95 bits per heavy atom. The van der Waals surface area contributed by atoms with Gasteiger partial charge in [0.15, 0.2) is 0 Å². The standard InChI is InChI=1S/C14H24N2O3/c1-15-7-5-6-8-16-14-12(18-3)9-11(17-2)10-13(14)19-4/h9-10,15-16H,5-8H2,1-4H3. The van der Waals surface area contributed by atoms with Gasteiger partial charge in [0.25, 0.3) is 0 Å². The molecular formula is C14H24N2O3. The number of hydrogen-bond acceptors (Lipinski definition) is 5. The average molecular weight is 268 g/mol. The van der Waals surface area contributed by atoms with Gasteiger partial charge in [-0.05, 0) is 26.4 Å². The maximum absolute atomic E-state index is 5.37. The minimum absolute atomic E-state index is 0.717. The summed E-state index contributed by atoms with van der Waals surface area (Å²) >= 11 is 0. The molecule has 0 aromatic heterocycles. The number of methoxy groups -OCH3 is 3. The van der Waals surface area contributed by atoms with E-state index >= 15 is 0 Å². The maximum Gasteiger partial charge on any atom is 0.149 e. The molecule has 19 heavy (non-hydrogen) atoms. The van der Waals surface area contributed by atoms with Gasteiger partial charge in [-0.3, -0.25) is 0 Å². The fraction of sp³-hybridized carbons (Fsp3) is 0.571. The van der Waals surface area contributed by atoms with Crippen molar-refractivity contribution >= 4 is 5.69 Å². The van der Waals surface area contributed by atoms with E-state index in [1.165, 1.54) is 0 Å². The molecular weight excluding hydrogens is 244 g/mol. The normalized spacial score (nSPS) is 10.1. The Balaban J connectivity index is 2.73. The number of rotatable bonds is 9. The van der Waals surface area contributed by atoms with E-state index in [0.717, 1.165) is 48.9 Å². The van der Waals surface area contributed by atoms with Crippen LogP contribution in [0.2, 0.25) is 0 Å².